The number of unbranched alkanes of at least 4 members (excludes halogenated alkanes) is 35. The quantitative estimate of drug-likeness (QED) is 0.0228. The predicted octanol–water partition coefficient (Wildman–Crippen LogP) is 18.7. The summed E-state index contributed by atoms with van der Waals surface area (Å²) in [5.74, 6) is -3.13. The molecule has 0 saturated carbocycles. The number of hydrogen-bond acceptors (Lipinski definition) is 11. The fourth-order valence-corrected chi connectivity index (χ4v) is 10.3. The summed E-state index contributed by atoms with van der Waals surface area (Å²) in [6.07, 6.45) is 61.7. The van der Waals surface area contributed by atoms with Gasteiger partial charge in [0.05, 0.1) is 6.61 Å². The topological polar surface area (TPSA) is 175 Å². The van der Waals surface area contributed by atoms with Crippen molar-refractivity contribution in [3.05, 3.63) is 60.8 Å². The third kappa shape index (κ3) is 48.3. The second-order valence-corrected chi connectivity index (χ2v) is 23.5. The molecule has 6 atom stereocenters. The van der Waals surface area contributed by atoms with Crippen LogP contribution in [0.2, 0.25) is 0 Å². The molecular weight excluding hydrogens is 1040 g/mol. The third-order valence-corrected chi connectivity index (χ3v) is 15.6. The Morgan fingerprint density at radius 1 is 0.398 bits per heavy atom. The number of carbonyl (C=O) groups is 4. The van der Waals surface area contributed by atoms with Gasteiger partial charge in [-0.2, -0.15) is 0 Å². The molecule has 1 saturated heterocycles. The van der Waals surface area contributed by atoms with E-state index in [2.05, 4.69) is 81.5 Å². The third-order valence-electron chi connectivity index (χ3n) is 15.6. The summed E-state index contributed by atoms with van der Waals surface area (Å²) in [5.41, 5.74) is 0. The lowest BCUT2D eigenvalue weighted by molar-refractivity contribution is -0.301. The standard InChI is InChI=1S/C71H124O12/c1-4-7-10-13-16-19-22-25-28-30-32-34-37-39-42-45-48-51-54-57-63(72)79-60-62(81-64(73)58-55-52-49-46-43-40-36-27-24-21-18-15-12-9-6-3)61-80-71-69(67(76)66(75)68(83-71)70(77)78)82-65(74)59-56-53-50-47-44-41-38-35-33-31-29-26-23-20-17-14-11-8-5-2/h16,18-19,21,25,27-28,32,34,36,62,66-69,71,75-76H,4-15,17,20,22-24,26,29-31,33,35,37-61H2,1-3H3,(H,77,78)/b19-16-,21-18-,28-25-,34-32-,36-27-. The van der Waals surface area contributed by atoms with Gasteiger partial charge in [0.25, 0.3) is 0 Å². The fraction of sp³-hybridized carbons (Fsp3) is 0.803. The zero-order chi connectivity index (χ0) is 60.3. The Morgan fingerprint density at radius 2 is 0.723 bits per heavy atom. The number of aliphatic hydroxyl groups is 2. The van der Waals surface area contributed by atoms with Crippen LogP contribution in [-0.2, 0) is 42.9 Å². The fourth-order valence-electron chi connectivity index (χ4n) is 10.3. The summed E-state index contributed by atoms with van der Waals surface area (Å²) in [5, 5.41) is 31.6. The van der Waals surface area contributed by atoms with Crippen molar-refractivity contribution in [3.63, 3.8) is 0 Å². The van der Waals surface area contributed by atoms with E-state index in [1.165, 1.54) is 135 Å². The Hall–Kier alpha value is -3.58. The number of carboxylic acids is 1. The molecule has 83 heavy (non-hydrogen) atoms. The normalized spacial score (nSPS) is 17.9. The van der Waals surface area contributed by atoms with E-state index in [0.29, 0.717) is 19.3 Å². The molecule has 1 heterocycles. The van der Waals surface area contributed by atoms with Crippen LogP contribution in [0.15, 0.2) is 60.8 Å². The van der Waals surface area contributed by atoms with Crippen LogP contribution < -0.4 is 0 Å². The molecule has 0 amide bonds. The number of allylic oxidation sites excluding steroid dienone is 10. The van der Waals surface area contributed by atoms with Crippen molar-refractivity contribution >= 4 is 23.9 Å². The largest absolute Gasteiger partial charge is 0.479 e. The van der Waals surface area contributed by atoms with Gasteiger partial charge in [0.2, 0.25) is 0 Å². The Kier molecular flexibility index (Phi) is 54.8. The van der Waals surface area contributed by atoms with Crippen molar-refractivity contribution in [2.24, 2.45) is 0 Å². The molecular formula is C71H124O12. The van der Waals surface area contributed by atoms with Gasteiger partial charge in [-0.05, 0) is 89.9 Å². The highest BCUT2D eigenvalue weighted by molar-refractivity contribution is 5.74. The van der Waals surface area contributed by atoms with Crippen LogP contribution in [-0.4, -0.2) is 89.2 Å². The summed E-state index contributed by atoms with van der Waals surface area (Å²) in [4.78, 5) is 51.4. The molecule has 1 rings (SSSR count). The maximum Gasteiger partial charge on any atom is 0.335 e. The van der Waals surface area contributed by atoms with E-state index in [1.54, 1.807) is 0 Å². The Bertz CT molecular complexity index is 1670. The second kappa shape index (κ2) is 58.8. The van der Waals surface area contributed by atoms with E-state index in [9.17, 15) is 34.5 Å². The highest BCUT2D eigenvalue weighted by atomic mass is 16.7. The first-order valence-electron chi connectivity index (χ1n) is 34.3. The number of carboxylic acid groups (broad SMARTS) is 1. The van der Waals surface area contributed by atoms with Crippen molar-refractivity contribution < 1.29 is 58.2 Å². The molecule has 6 unspecified atom stereocenters. The van der Waals surface area contributed by atoms with Gasteiger partial charge in [0.15, 0.2) is 24.6 Å². The monoisotopic (exact) mass is 1170 g/mol. The Morgan fingerprint density at radius 3 is 1.12 bits per heavy atom. The van der Waals surface area contributed by atoms with Crippen molar-refractivity contribution in [1.82, 2.24) is 0 Å². The van der Waals surface area contributed by atoms with Gasteiger partial charge >= 0.3 is 23.9 Å². The van der Waals surface area contributed by atoms with E-state index >= 15 is 0 Å². The molecule has 1 fully saturated rings. The van der Waals surface area contributed by atoms with Crippen molar-refractivity contribution in [1.29, 1.82) is 0 Å². The lowest BCUT2D eigenvalue weighted by atomic mass is 9.98. The summed E-state index contributed by atoms with van der Waals surface area (Å²) < 4.78 is 28.6. The molecule has 0 aliphatic carbocycles. The van der Waals surface area contributed by atoms with Crippen molar-refractivity contribution in [2.45, 2.75) is 353 Å². The number of aliphatic carboxylic acids is 1. The number of carbonyl (C=O) groups excluding carboxylic acids is 3. The van der Waals surface area contributed by atoms with Crippen molar-refractivity contribution in [2.75, 3.05) is 13.2 Å². The highest BCUT2D eigenvalue weighted by Gasteiger charge is 2.50. The van der Waals surface area contributed by atoms with E-state index in [1.807, 2.05) is 0 Å². The molecule has 0 aromatic heterocycles. The average Bonchev–Trinajstić information content (AvgIpc) is 3.57. The molecule has 12 heteroatoms. The summed E-state index contributed by atoms with van der Waals surface area (Å²) >= 11 is 0. The van der Waals surface area contributed by atoms with Crippen LogP contribution in [0.1, 0.15) is 316 Å². The first kappa shape index (κ1) is 77.4. The Labute approximate surface area is 506 Å². The minimum absolute atomic E-state index is 0.0610. The number of esters is 3. The van der Waals surface area contributed by atoms with Gasteiger partial charge < -0.3 is 39.0 Å². The van der Waals surface area contributed by atoms with Crippen LogP contribution in [0, 0.1) is 0 Å². The van der Waals surface area contributed by atoms with Gasteiger partial charge in [-0.1, -0.05) is 268 Å². The molecule has 0 spiro atoms. The van der Waals surface area contributed by atoms with Gasteiger partial charge in [-0.15, -0.1) is 0 Å². The molecule has 480 valence electrons. The SMILES string of the molecule is CCCCC/C=C\C/C=C\C/C=C\CCCCCCCCC(=O)OCC(COC1OC(C(=O)O)C(O)C(O)C1OC(=O)CCCCCCCCCCCCCCCCCCCCC)OC(=O)CCCCCCC/C=C\C/C=C\CCCCC. The van der Waals surface area contributed by atoms with Crippen LogP contribution in [0.25, 0.3) is 0 Å². The number of ether oxygens (including phenoxy) is 5. The van der Waals surface area contributed by atoms with E-state index in [0.717, 1.165) is 122 Å². The van der Waals surface area contributed by atoms with Crippen LogP contribution in [0.4, 0.5) is 0 Å². The number of aliphatic hydroxyl groups excluding tert-OH is 2. The van der Waals surface area contributed by atoms with E-state index in [4.69, 9.17) is 23.7 Å². The maximum atomic E-state index is 13.2. The average molecular weight is 1170 g/mol. The summed E-state index contributed by atoms with van der Waals surface area (Å²) in [7, 11) is 0. The maximum absolute atomic E-state index is 13.2. The van der Waals surface area contributed by atoms with Gasteiger partial charge in [-0.25, -0.2) is 4.79 Å². The molecule has 3 N–H and O–H groups in total. The lowest BCUT2D eigenvalue weighted by Crippen LogP contribution is -2.61. The summed E-state index contributed by atoms with van der Waals surface area (Å²) in [6, 6.07) is 0. The van der Waals surface area contributed by atoms with E-state index in [-0.39, 0.29) is 25.9 Å². The minimum Gasteiger partial charge on any atom is -0.479 e. The van der Waals surface area contributed by atoms with Gasteiger partial charge in [-0.3, -0.25) is 14.4 Å². The molecule has 0 radical (unpaired) electrons. The second-order valence-electron chi connectivity index (χ2n) is 23.5. The number of rotatable bonds is 59. The zero-order valence-corrected chi connectivity index (χ0v) is 53.2. The smallest absolute Gasteiger partial charge is 0.335 e. The van der Waals surface area contributed by atoms with Crippen LogP contribution in [0.3, 0.4) is 0 Å². The first-order chi connectivity index (χ1) is 40.6. The van der Waals surface area contributed by atoms with Crippen molar-refractivity contribution in [3.8, 4) is 0 Å². The molecule has 0 bridgehead atoms. The molecule has 0 aromatic carbocycles. The van der Waals surface area contributed by atoms with Gasteiger partial charge in [0, 0.05) is 19.3 Å². The zero-order valence-electron chi connectivity index (χ0n) is 53.2. The lowest BCUT2D eigenvalue weighted by Gasteiger charge is -2.40. The molecule has 0 aromatic rings. The Balaban J connectivity index is 2.64. The van der Waals surface area contributed by atoms with E-state index < -0.39 is 67.3 Å². The van der Waals surface area contributed by atoms with Gasteiger partial charge in [0.1, 0.15) is 18.8 Å². The molecule has 1 aliphatic heterocycles. The first-order valence-corrected chi connectivity index (χ1v) is 34.3. The number of hydrogen-bond donors (Lipinski definition) is 3. The molecule has 1 aliphatic rings. The van der Waals surface area contributed by atoms with Crippen LogP contribution >= 0.6 is 0 Å². The molecule has 12 nitrogen and oxygen atoms in total. The highest BCUT2D eigenvalue weighted by Crippen LogP contribution is 2.27. The summed E-state index contributed by atoms with van der Waals surface area (Å²) in [6.45, 7) is 5.97. The van der Waals surface area contributed by atoms with Crippen LogP contribution in [0.5, 0.6) is 0 Å². The predicted molar refractivity (Wildman–Crippen MR) is 340 cm³/mol. The minimum atomic E-state index is -1.91.